The number of carbonyl (C=O) groups is 1. The van der Waals surface area contributed by atoms with E-state index in [1.165, 1.54) is 0 Å². The van der Waals surface area contributed by atoms with Crippen molar-refractivity contribution in [3.8, 4) is 0 Å². The van der Waals surface area contributed by atoms with Gasteiger partial charge in [0.25, 0.3) is 5.91 Å². The number of aliphatic imine (C=N–C) groups is 1. The molecule has 2 rings (SSSR count). The minimum atomic E-state index is -0.142. The average Bonchev–Trinajstić information content (AvgIpc) is 2.70. The molecule has 0 heterocycles. The average molecular weight is 543 g/mol. The summed E-state index contributed by atoms with van der Waals surface area (Å²) in [5, 5.41) is 7.50. The van der Waals surface area contributed by atoms with E-state index in [0.717, 1.165) is 28.5 Å². The molecule has 2 N–H and O–H groups in total. The Hall–Kier alpha value is -1.80. The summed E-state index contributed by atoms with van der Waals surface area (Å²) in [6.07, 6.45) is 0.795. The largest absolute Gasteiger partial charge is 0.356 e. The molecule has 0 saturated heterocycles. The Morgan fingerprint density at radius 3 is 2.43 bits per heavy atom. The highest BCUT2D eigenvalue weighted by Crippen LogP contribution is 2.28. The third-order valence-electron chi connectivity index (χ3n) is 4.81. The van der Waals surface area contributed by atoms with Gasteiger partial charge in [0.1, 0.15) is 0 Å². The van der Waals surface area contributed by atoms with E-state index in [4.69, 9.17) is 11.6 Å². The molecule has 0 aromatic heterocycles. The van der Waals surface area contributed by atoms with Crippen LogP contribution < -0.4 is 10.6 Å². The first kappa shape index (κ1) is 26.2. The van der Waals surface area contributed by atoms with Gasteiger partial charge in [-0.1, -0.05) is 55.8 Å². The number of hydrogen-bond donors (Lipinski definition) is 2. The van der Waals surface area contributed by atoms with Crippen LogP contribution >= 0.6 is 35.6 Å². The topological polar surface area (TPSA) is 56.7 Å². The predicted octanol–water partition coefficient (Wildman–Crippen LogP) is 4.35. The van der Waals surface area contributed by atoms with Crippen molar-refractivity contribution < 1.29 is 4.79 Å². The van der Waals surface area contributed by atoms with E-state index >= 15 is 0 Å². The van der Waals surface area contributed by atoms with Crippen molar-refractivity contribution in [2.75, 3.05) is 34.2 Å². The lowest BCUT2D eigenvalue weighted by molar-refractivity contribution is 0.0827. The first-order valence-corrected chi connectivity index (χ1v) is 10.1. The van der Waals surface area contributed by atoms with Gasteiger partial charge in [0.2, 0.25) is 0 Å². The van der Waals surface area contributed by atoms with Crippen molar-refractivity contribution in [2.45, 2.75) is 25.7 Å². The van der Waals surface area contributed by atoms with Crippen molar-refractivity contribution in [2.24, 2.45) is 4.99 Å². The summed E-state index contributed by atoms with van der Waals surface area (Å²) in [5.41, 5.74) is 2.78. The number of carbonyl (C=O) groups excluding carboxylic acids is 1. The van der Waals surface area contributed by atoms with E-state index < -0.39 is 0 Å². The molecule has 0 aliphatic carbocycles. The fourth-order valence-corrected chi connectivity index (χ4v) is 3.47. The molecule has 0 atom stereocenters. The lowest BCUT2D eigenvalue weighted by Gasteiger charge is -2.27. The number of halogens is 2. The maximum Gasteiger partial charge on any atom is 0.253 e. The van der Waals surface area contributed by atoms with E-state index in [1.54, 1.807) is 26.0 Å². The van der Waals surface area contributed by atoms with Crippen molar-refractivity contribution in [3.05, 3.63) is 70.2 Å². The highest BCUT2D eigenvalue weighted by molar-refractivity contribution is 14.0. The van der Waals surface area contributed by atoms with Crippen LogP contribution in [-0.2, 0) is 11.8 Å². The minimum Gasteiger partial charge on any atom is -0.356 e. The van der Waals surface area contributed by atoms with E-state index in [9.17, 15) is 4.79 Å². The number of hydrogen-bond acceptors (Lipinski definition) is 2. The first-order chi connectivity index (χ1) is 13.7. The molecule has 0 unspecified atom stereocenters. The molecule has 5 nitrogen and oxygen atoms in total. The quantitative estimate of drug-likeness (QED) is 0.311. The van der Waals surface area contributed by atoms with E-state index in [1.807, 2.05) is 42.5 Å². The Morgan fingerprint density at radius 2 is 1.80 bits per heavy atom. The van der Waals surface area contributed by atoms with E-state index in [0.29, 0.717) is 18.7 Å². The van der Waals surface area contributed by atoms with Crippen molar-refractivity contribution >= 4 is 47.4 Å². The first-order valence-electron chi connectivity index (χ1n) is 9.74. The summed E-state index contributed by atoms with van der Waals surface area (Å²) in [5.74, 6) is 0.754. The third kappa shape index (κ3) is 7.47. The number of benzene rings is 2. The molecule has 0 fully saturated rings. The number of nitrogens with zero attached hydrogens (tertiary/aromatic N) is 2. The predicted molar refractivity (Wildman–Crippen MR) is 137 cm³/mol. The summed E-state index contributed by atoms with van der Waals surface area (Å²) >= 11 is 6.36. The molecule has 0 spiro atoms. The number of guanidine groups is 1. The second kappa shape index (κ2) is 12.2. The molecular formula is C23H32ClIN4O. The van der Waals surface area contributed by atoms with Gasteiger partial charge >= 0.3 is 0 Å². The van der Waals surface area contributed by atoms with Crippen molar-refractivity contribution in [1.82, 2.24) is 15.5 Å². The van der Waals surface area contributed by atoms with Gasteiger partial charge in [-0.15, -0.1) is 24.0 Å². The lowest BCUT2D eigenvalue weighted by atomic mass is 9.84. The molecular weight excluding hydrogens is 511 g/mol. The van der Waals surface area contributed by atoms with Crippen LogP contribution in [0.25, 0.3) is 0 Å². The second-order valence-corrected chi connectivity index (χ2v) is 8.27. The number of rotatable bonds is 7. The summed E-state index contributed by atoms with van der Waals surface area (Å²) in [6, 6.07) is 15.7. The summed E-state index contributed by atoms with van der Waals surface area (Å²) in [7, 11) is 5.28. The van der Waals surface area contributed by atoms with Gasteiger partial charge in [0.15, 0.2) is 5.96 Å². The van der Waals surface area contributed by atoms with Crippen molar-refractivity contribution in [1.29, 1.82) is 0 Å². The zero-order valence-corrected chi connectivity index (χ0v) is 21.4. The van der Waals surface area contributed by atoms with E-state index in [2.05, 4.69) is 35.5 Å². The fraction of sp³-hybridized carbons (Fsp3) is 0.391. The number of nitrogens with one attached hydrogen (secondary N) is 2. The molecule has 164 valence electrons. The SMILES string of the molecule is CN=C(NCCc1cccc(C(=O)N(C)C)c1)NCC(C)(C)c1ccccc1Cl.I. The van der Waals surface area contributed by atoms with E-state index in [-0.39, 0.29) is 35.3 Å². The zero-order chi connectivity index (χ0) is 21.4. The molecule has 0 aliphatic rings. The molecule has 1 amide bonds. The molecule has 0 saturated carbocycles. The standard InChI is InChI=1S/C23H31ClN4O.HI/c1-23(2,19-11-6-7-12-20(19)24)16-27-22(25-3)26-14-13-17-9-8-10-18(15-17)21(29)28(4)5;/h6-12,15H,13-14,16H2,1-5H3,(H2,25,26,27);1H. The van der Waals surface area contributed by atoms with Crippen LogP contribution in [0.15, 0.2) is 53.5 Å². The molecule has 2 aromatic rings. The fourth-order valence-electron chi connectivity index (χ4n) is 3.07. The van der Waals surface area contributed by atoms with Crippen LogP contribution in [0.3, 0.4) is 0 Å². The Labute approximate surface area is 202 Å². The van der Waals surface area contributed by atoms with Gasteiger partial charge < -0.3 is 15.5 Å². The third-order valence-corrected chi connectivity index (χ3v) is 5.14. The van der Waals surface area contributed by atoms with Gasteiger partial charge in [-0.05, 0) is 35.7 Å². The molecule has 0 radical (unpaired) electrons. The maximum absolute atomic E-state index is 12.1. The Morgan fingerprint density at radius 1 is 1.10 bits per heavy atom. The van der Waals surface area contributed by atoms with Crippen LogP contribution in [0.2, 0.25) is 5.02 Å². The molecule has 0 aliphatic heterocycles. The molecule has 0 bridgehead atoms. The number of amides is 1. The molecule has 30 heavy (non-hydrogen) atoms. The van der Waals surface area contributed by atoms with Crippen LogP contribution in [0.1, 0.15) is 35.3 Å². The zero-order valence-electron chi connectivity index (χ0n) is 18.3. The highest BCUT2D eigenvalue weighted by atomic mass is 127. The van der Waals surface area contributed by atoms with Crippen LogP contribution in [0, 0.1) is 0 Å². The normalized spacial score (nSPS) is 11.5. The smallest absolute Gasteiger partial charge is 0.253 e. The van der Waals surface area contributed by atoms with Crippen molar-refractivity contribution in [3.63, 3.8) is 0 Å². The van der Waals surface area contributed by atoms with Gasteiger partial charge in [0, 0.05) is 50.2 Å². The summed E-state index contributed by atoms with van der Waals surface area (Å²) in [6.45, 7) is 5.72. The maximum atomic E-state index is 12.1. The summed E-state index contributed by atoms with van der Waals surface area (Å²) in [4.78, 5) is 18.0. The Balaban J connectivity index is 0.00000450. The molecule has 2 aromatic carbocycles. The lowest BCUT2D eigenvalue weighted by Crippen LogP contribution is -2.44. The van der Waals surface area contributed by atoms with Gasteiger partial charge in [0.05, 0.1) is 0 Å². The highest BCUT2D eigenvalue weighted by Gasteiger charge is 2.23. The van der Waals surface area contributed by atoms with Gasteiger partial charge in [-0.3, -0.25) is 9.79 Å². The molecule has 7 heteroatoms. The summed E-state index contributed by atoms with van der Waals surface area (Å²) < 4.78 is 0. The monoisotopic (exact) mass is 542 g/mol. The van der Waals surface area contributed by atoms with Crippen LogP contribution in [0.4, 0.5) is 0 Å². The van der Waals surface area contributed by atoms with Gasteiger partial charge in [-0.2, -0.15) is 0 Å². The van der Waals surface area contributed by atoms with Crippen LogP contribution in [0.5, 0.6) is 0 Å². The second-order valence-electron chi connectivity index (χ2n) is 7.87. The van der Waals surface area contributed by atoms with Gasteiger partial charge in [-0.25, -0.2) is 0 Å². The Kier molecular flexibility index (Phi) is 10.6. The van der Waals surface area contributed by atoms with Crippen LogP contribution in [-0.4, -0.2) is 51.0 Å². The minimum absolute atomic E-state index is 0. The Bertz CT molecular complexity index is 868.